The van der Waals surface area contributed by atoms with Crippen molar-refractivity contribution >= 4 is 28.5 Å². The summed E-state index contributed by atoms with van der Waals surface area (Å²) in [6.45, 7) is 1.96. The smallest absolute Gasteiger partial charge is 0.364 e. The van der Waals surface area contributed by atoms with Crippen molar-refractivity contribution in [2.45, 2.75) is 31.5 Å². The highest BCUT2D eigenvalue weighted by atomic mass is 35.5. The Balaban J connectivity index is 2.04. The average Bonchev–Trinajstić information content (AvgIpc) is 3.32. The monoisotopic (exact) mass is 394 g/mol. The Morgan fingerprint density at radius 3 is 2.48 bits per heavy atom. The summed E-state index contributed by atoms with van der Waals surface area (Å²) in [6.07, 6.45) is -2.87. The molecule has 0 spiro atoms. The molecule has 3 aromatic rings. The molecule has 0 saturated heterocycles. The normalized spacial score (nSPS) is 15.7. The number of hydrogen-bond acceptors (Lipinski definition) is 4. The summed E-state index contributed by atoms with van der Waals surface area (Å²) in [7, 11) is 0. The lowest BCUT2D eigenvalue weighted by Gasteiger charge is -2.17. The van der Waals surface area contributed by atoms with Gasteiger partial charge in [-0.05, 0) is 44.0 Å². The van der Waals surface area contributed by atoms with Crippen LogP contribution in [0, 0.1) is 0 Å². The Morgan fingerprint density at radius 2 is 1.85 bits per heavy atom. The van der Waals surface area contributed by atoms with Crippen LogP contribution >= 0.6 is 11.6 Å². The predicted octanol–water partition coefficient (Wildman–Crippen LogP) is 4.42. The van der Waals surface area contributed by atoms with Crippen molar-refractivity contribution in [2.24, 2.45) is 0 Å². The van der Waals surface area contributed by atoms with E-state index < -0.39 is 17.6 Å². The number of aromatic nitrogens is 3. The Bertz CT molecular complexity index is 1110. The molecule has 0 radical (unpaired) electrons. The van der Waals surface area contributed by atoms with E-state index in [1.807, 2.05) is 6.92 Å². The third-order valence-corrected chi connectivity index (χ3v) is 4.86. The number of alkyl halides is 3. The van der Waals surface area contributed by atoms with E-state index in [-0.39, 0.29) is 27.7 Å². The fourth-order valence-corrected chi connectivity index (χ4v) is 3.02. The molecule has 140 valence electrons. The fraction of sp³-hybridized carbons (Fsp3) is 0.278. The second-order valence-corrected chi connectivity index (χ2v) is 7.19. The summed E-state index contributed by atoms with van der Waals surface area (Å²) < 4.78 is 40.6. The number of rotatable bonds is 3. The topological polar surface area (TPSA) is 59.8 Å². The van der Waals surface area contributed by atoms with E-state index in [1.54, 1.807) is 18.2 Å². The van der Waals surface area contributed by atoms with Crippen molar-refractivity contribution in [3.63, 3.8) is 0 Å². The lowest BCUT2D eigenvalue weighted by Crippen LogP contribution is -2.27. The van der Waals surface area contributed by atoms with Gasteiger partial charge in [0.25, 0.3) is 0 Å². The molecule has 0 unspecified atom stereocenters. The minimum absolute atomic E-state index is 0.148. The van der Waals surface area contributed by atoms with Gasteiger partial charge in [0.1, 0.15) is 11.5 Å². The molecule has 1 aliphatic rings. The quantitative estimate of drug-likeness (QED) is 0.714. The van der Waals surface area contributed by atoms with E-state index in [2.05, 4.69) is 15.3 Å². The standard InChI is InChI=1S/C18H14ClF3N4O/c1-17(8-9-17)25-14-10-6-7-13(18(20,21)22)23-15(10)26(16(27)24-14)12-5-3-2-4-11(12)19/h2-7H,8-9H2,1H3,(H,24,25,27). The Labute approximate surface area is 156 Å². The maximum Gasteiger partial charge on any atom is 0.433 e. The first kappa shape index (κ1) is 17.8. The fourth-order valence-electron chi connectivity index (χ4n) is 2.80. The van der Waals surface area contributed by atoms with Crippen LogP contribution in [0.25, 0.3) is 16.7 Å². The highest BCUT2D eigenvalue weighted by Gasteiger charge is 2.38. The van der Waals surface area contributed by atoms with E-state index in [9.17, 15) is 18.0 Å². The molecule has 27 heavy (non-hydrogen) atoms. The van der Waals surface area contributed by atoms with Gasteiger partial charge in [0.2, 0.25) is 0 Å². The molecule has 4 rings (SSSR count). The summed E-state index contributed by atoms with van der Waals surface area (Å²) >= 11 is 6.16. The molecule has 1 saturated carbocycles. The van der Waals surface area contributed by atoms with Gasteiger partial charge < -0.3 is 5.32 Å². The van der Waals surface area contributed by atoms with E-state index in [0.29, 0.717) is 5.39 Å². The zero-order valence-corrected chi connectivity index (χ0v) is 14.9. The highest BCUT2D eigenvalue weighted by molar-refractivity contribution is 6.32. The van der Waals surface area contributed by atoms with Crippen molar-refractivity contribution < 1.29 is 13.2 Å². The maximum absolute atomic E-state index is 13.2. The molecule has 1 aromatic carbocycles. The number of para-hydroxylation sites is 1. The van der Waals surface area contributed by atoms with Crippen LogP contribution in [0.15, 0.2) is 41.2 Å². The summed E-state index contributed by atoms with van der Waals surface area (Å²) in [5, 5.41) is 3.67. The van der Waals surface area contributed by atoms with Crippen molar-refractivity contribution in [1.29, 1.82) is 0 Å². The number of hydrogen-bond donors (Lipinski definition) is 1. The number of nitrogens with zero attached hydrogens (tertiary/aromatic N) is 3. The Morgan fingerprint density at radius 1 is 1.15 bits per heavy atom. The second-order valence-electron chi connectivity index (χ2n) is 6.78. The lowest BCUT2D eigenvalue weighted by atomic mass is 10.2. The van der Waals surface area contributed by atoms with E-state index in [1.165, 1.54) is 12.1 Å². The first-order valence-electron chi connectivity index (χ1n) is 8.22. The average molecular weight is 395 g/mol. The van der Waals surface area contributed by atoms with Crippen molar-refractivity contribution in [3.8, 4) is 5.69 Å². The summed E-state index contributed by atoms with van der Waals surface area (Å²) in [5.41, 5.74) is -1.99. The maximum atomic E-state index is 13.2. The molecule has 2 heterocycles. The molecule has 2 aromatic heterocycles. The van der Waals surface area contributed by atoms with Crippen LogP contribution in [-0.2, 0) is 6.18 Å². The van der Waals surface area contributed by atoms with E-state index >= 15 is 0 Å². The van der Waals surface area contributed by atoms with Crippen LogP contribution in [-0.4, -0.2) is 20.1 Å². The van der Waals surface area contributed by atoms with Gasteiger partial charge in [-0.2, -0.15) is 18.2 Å². The van der Waals surface area contributed by atoms with Gasteiger partial charge in [0.05, 0.1) is 16.1 Å². The van der Waals surface area contributed by atoms with Crippen molar-refractivity contribution in [1.82, 2.24) is 14.5 Å². The molecule has 0 amide bonds. The molecular weight excluding hydrogens is 381 g/mol. The highest BCUT2D eigenvalue weighted by Crippen LogP contribution is 2.39. The summed E-state index contributed by atoms with van der Waals surface area (Å²) in [4.78, 5) is 20.5. The molecule has 0 bridgehead atoms. The lowest BCUT2D eigenvalue weighted by molar-refractivity contribution is -0.141. The largest absolute Gasteiger partial charge is 0.433 e. The Hall–Kier alpha value is -2.61. The SMILES string of the molecule is CC1(Nc2nc(=O)n(-c3ccccc3Cl)c3nc(C(F)(F)F)ccc23)CC1. The summed E-state index contributed by atoms with van der Waals surface area (Å²) in [6, 6.07) is 8.52. The molecule has 5 nitrogen and oxygen atoms in total. The number of anilines is 1. The van der Waals surface area contributed by atoms with E-state index in [4.69, 9.17) is 11.6 Å². The van der Waals surface area contributed by atoms with Crippen molar-refractivity contribution in [2.75, 3.05) is 5.32 Å². The molecule has 1 fully saturated rings. The van der Waals surface area contributed by atoms with Gasteiger partial charge in [-0.3, -0.25) is 0 Å². The number of benzene rings is 1. The van der Waals surface area contributed by atoms with Crippen LogP contribution in [0.3, 0.4) is 0 Å². The van der Waals surface area contributed by atoms with Gasteiger partial charge in [-0.1, -0.05) is 23.7 Å². The molecule has 0 aliphatic heterocycles. The third kappa shape index (κ3) is 3.25. The third-order valence-electron chi connectivity index (χ3n) is 4.54. The molecule has 0 atom stereocenters. The van der Waals surface area contributed by atoms with Crippen molar-refractivity contribution in [3.05, 3.63) is 57.6 Å². The number of fused-ring (bicyclic) bond motifs is 1. The van der Waals surface area contributed by atoms with Gasteiger partial charge in [-0.25, -0.2) is 14.3 Å². The minimum atomic E-state index is -4.64. The number of nitrogens with one attached hydrogen (secondary N) is 1. The summed E-state index contributed by atoms with van der Waals surface area (Å²) in [5.74, 6) is 0.222. The minimum Gasteiger partial charge on any atom is -0.364 e. The second kappa shape index (κ2) is 5.95. The van der Waals surface area contributed by atoms with Crippen LogP contribution in [0.1, 0.15) is 25.5 Å². The predicted molar refractivity (Wildman–Crippen MR) is 96.4 cm³/mol. The van der Waals surface area contributed by atoms with Gasteiger partial charge in [0.15, 0.2) is 5.65 Å². The number of pyridine rings is 1. The molecular formula is C18H14ClF3N4O. The first-order valence-corrected chi connectivity index (χ1v) is 8.60. The van der Waals surface area contributed by atoms with Crippen LogP contribution in [0.2, 0.25) is 5.02 Å². The van der Waals surface area contributed by atoms with Gasteiger partial charge in [-0.15, -0.1) is 0 Å². The Kier molecular flexibility index (Phi) is 3.92. The van der Waals surface area contributed by atoms with Crippen LogP contribution < -0.4 is 11.0 Å². The number of halogens is 4. The van der Waals surface area contributed by atoms with Gasteiger partial charge in [0, 0.05) is 5.54 Å². The molecule has 9 heteroatoms. The van der Waals surface area contributed by atoms with E-state index in [0.717, 1.165) is 23.5 Å². The first-order chi connectivity index (χ1) is 12.7. The van der Waals surface area contributed by atoms with Crippen LogP contribution in [0.4, 0.5) is 19.0 Å². The molecule has 1 N–H and O–H groups in total. The zero-order chi connectivity index (χ0) is 19.4. The van der Waals surface area contributed by atoms with Crippen LogP contribution in [0.5, 0.6) is 0 Å². The van der Waals surface area contributed by atoms with Gasteiger partial charge >= 0.3 is 11.9 Å². The molecule has 1 aliphatic carbocycles. The zero-order valence-electron chi connectivity index (χ0n) is 14.1.